The molecule has 0 aliphatic rings. The van der Waals surface area contributed by atoms with Gasteiger partial charge in [-0.1, -0.05) is 15.9 Å². The summed E-state index contributed by atoms with van der Waals surface area (Å²) in [6.45, 7) is 0. The Balaban J connectivity index is 2.45. The van der Waals surface area contributed by atoms with E-state index in [-0.39, 0.29) is 6.04 Å². The van der Waals surface area contributed by atoms with Crippen molar-refractivity contribution in [3.63, 3.8) is 0 Å². The predicted octanol–water partition coefficient (Wildman–Crippen LogP) is 2.84. The number of aromatic nitrogens is 2. The molecule has 0 saturated carbocycles. The number of halogens is 2. The van der Waals surface area contributed by atoms with Crippen LogP contribution in [0.25, 0.3) is 0 Å². The Labute approximate surface area is 116 Å². The number of aryl methyl sites for hydroxylation is 1. The molecule has 0 saturated heterocycles. The van der Waals surface area contributed by atoms with Crippen LogP contribution in [-0.2, 0) is 7.05 Å². The van der Waals surface area contributed by atoms with E-state index < -0.39 is 0 Å². The molecule has 0 bridgehead atoms. The lowest BCUT2D eigenvalue weighted by atomic mass is 10.1. The second kappa shape index (κ2) is 4.85. The smallest absolute Gasteiger partial charge is 0.130 e. The molecule has 0 spiro atoms. The van der Waals surface area contributed by atoms with Crippen molar-refractivity contribution >= 4 is 38.5 Å². The third-order valence-electron chi connectivity index (χ3n) is 2.43. The van der Waals surface area contributed by atoms with Gasteiger partial charge in [-0.05, 0) is 46.4 Å². The van der Waals surface area contributed by atoms with Crippen LogP contribution in [0, 0.1) is 3.57 Å². The number of hydrogen-bond donors (Lipinski definition) is 1. The molecule has 2 aromatic rings. The van der Waals surface area contributed by atoms with Crippen molar-refractivity contribution in [1.29, 1.82) is 0 Å². The van der Waals surface area contributed by atoms with Crippen molar-refractivity contribution in [2.45, 2.75) is 6.04 Å². The van der Waals surface area contributed by atoms with E-state index in [9.17, 15) is 0 Å². The maximum atomic E-state index is 6.21. The normalized spacial score (nSPS) is 12.8. The molecule has 1 atom stereocenters. The first-order valence-corrected chi connectivity index (χ1v) is 6.64. The molecule has 3 nitrogen and oxygen atoms in total. The van der Waals surface area contributed by atoms with Crippen molar-refractivity contribution in [1.82, 2.24) is 9.55 Å². The minimum Gasteiger partial charge on any atom is -0.336 e. The van der Waals surface area contributed by atoms with Crippen molar-refractivity contribution < 1.29 is 0 Å². The summed E-state index contributed by atoms with van der Waals surface area (Å²) in [4.78, 5) is 4.28. The largest absolute Gasteiger partial charge is 0.336 e. The van der Waals surface area contributed by atoms with Gasteiger partial charge in [-0.3, -0.25) is 0 Å². The van der Waals surface area contributed by atoms with E-state index in [0.717, 1.165) is 15.9 Å². The fourth-order valence-corrected chi connectivity index (χ4v) is 2.58. The first-order valence-electron chi connectivity index (χ1n) is 4.77. The summed E-state index contributed by atoms with van der Waals surface area (Å²) in [7, 11) is 1.95. The molecule has 1 aromatic heterocycles. The van der Waals surface area contributed by atoms with E-state index in [1.165, 1.54) is 3.57 Å². The van der Waals surface area contributed by atoms with Crippen molar-refractivity contribution in [2.24, 2.45) is 12.8 Å². The van der Waals surface area contributed by atoms with Crippen LogP contribution in [0.4, 0.5) is 0 Å². The maximum absolute atomic E-state index is 6.21. The van der Waals surface area contributed by atoms with Crippen molar-refractivity contribution in [3.05, 3.63) is 50.0 Å². The Morgan fingerprint density at radius 1 is 1.50 bits per heavy atom. The van der Waals surface area contributed by atoms with E-state index in [1.54, 1.807) is 6.20 Å². The van der Waals surface area contributed by atoms with Gasteiger partial charge in [0.05, 0.1) is 6.04 Å². The highest BCUT2D eigenvalue weighted by atomic mass is 127. The summed E-state index contributed by atoms with van der Waals surface area (Å²) in [5.74, 6) is 0.864. The average Bonchev–Trinajstić information content (AvgIpc) is 2.67. The summed E-state index contributed by atoms with van der Waals surface area (Å²) < 4.78 is 4.13. The van der Waals surface area contributed by atoms with E-state index in [2.05, 4.69) is 49.6 Å². The highest BCUT2D eigenvalue weighted by molar-refractivity contribution is 14.1. The van der Waals surface area contributed by atoms with Crippen LogP contribution >= 0.6 is 38.5 Å². The van der Waals surface area contributed by atoms with Gasteiger partial charge in [-0.15, -0.1) is 0 Å². The van der Waals surface area contributed by atoms with Gasteiger partial charge >= 0.3 is 0 Å². The van der Waals surface area contributed by atoms with Crippen LogP contribution in [0.2, 0.25) is 0 Å². The SMILES string of the molecule is Cn1ccnc1C(N)c1cc(I)ccc1Br. The zero-order chi connectivity index (χ0) is 11.7. The van der Waals surface area contributed by atoms with E-state index in [4.69, 9.17) is 5.73 Å². The first kappa shape index (κ1) is 12.1. The van der Waals surface area contributed by atoms with Gasteiger partial charge < -0.3 is 10.3 Å². The molecule has 0 aliphatic carbocycles. The monoisotopic (exact) mass is 391 g/mol. The van der Waals surface area contributed by atoms with Gasteiger partial charge in [0.25, 0.3) is 0 Å². The van der Waals surface area contributed by atoms with Gasteiger partial charge in [0.1, 0.15) is 5.82 Å². The van der Waals surface area contributed by atoms with Crippen LogP contribution in [0.1, 0.15) is 17.4 Å². The number of imidazole rings is 1. The maximum Gasteiger partial charge on any atom is 0.130 e. The Hall–Kier alpha value is -0.400. The second-order valence-corrected chi connectivity index (χ2v) is 5.64. The molecule has 1 aromatic carbocycles. The van der Waals surface area contributed by atoms with Crippen LogP contribution in [0.15, 0.2) is 35.1 Å². The molecule has 1 heterocycles. The summed E-state index contributed by atoms with van der Waals surface area (Å²) in [5.41, 5.74) is 7.27. The average molecular weight is 392 g/mol. The molecule has 16 heavy (non-hydrogen) atoms. The number of nitrogens with two attached hydrogens (primary N) is 1. The Bertz CT molecular complexity index is 510. The lowest BCUT2D eigenvalue weighted by Gasteiger charge is -2.14. The third-order valence-corrected chi connectivity index (χ3v) is 3.82. The van der Waals surface area contributed by atoms with Crippen molar-refractivity contribution in [2.75, 3.05) is 0 Å². The molecule has 0 fully saturated rings. The fourth-order valence-electron chi connectivity index (χ4n) is 1.57. The fraction of sp³-hybridized carbons (Fsp3) is 0.182. The first-order chi connectivity index (χ1) is 7.59. The number of rotatable bonds is 2. The molecule has 2 N–H and O–H groups in total. The molecule has 0 aliphatic heterocycles. The molecule has 84 valence electrons. The molecule has 5 heteroatoms. The summed E-state index contributed by atoms with van der Waals surface area (Å²) in [5, 5.41) is 0. The molecule has 0 radical (unpaired) electrons. The van der Waals surface area contributed by atoms with Gasteiger partial charge in [-0.2, -0.15) is 0 Å². The molecular weight excluding hydrogens is 381 g/mol. The predicted molar refractivity (Wildman–Crippen MR) is 76.1 cm³/mol. The lowest BCUT2D eigenvalue weighted by molar-refractivity contribution is 0.714. The standard InChI is InChI=1S/C11H11BrIN3/c1-16-5-4-15-11(16)10(14)8-6-7(13)2-3-9(8)12/h2-6,10H,14H2,1H3. The van der Waals surface area contributed by atoms with Crippen LogP contribution < -0.4 is 5.73 Å². The van der Waals surface area contributed by atoms with E-state index in [1.807, 2.05) is 29.9 Å². The minimum absolute atomic E-state index is 0.205. The summed E-state index contributed by atoms with van der Waals surface area (Å²) >= 11 is 5.80. The topological polar surface area (TPSA) is 43.8 Å². The van der Waals surface area contributed by atoms with Gasteiger partial charge in [0, 0.05) is 27.5 Å². The highest BCUT2D eigenvalue weighted by Crippen LogP contribution is 2.27. The number of nitrogens with zero attached hydrogens (tertiary/aromatic N) is 2. The molecule has 1 unspecified atom stereocenters. The molecular formula is C11H11BrIN3. The third kappa shape index (κ3) is 2.31. The number of hydrogen-bond acceptors (Lipinski definition) is 2. The van der Waals surface area contributed by atoms with Crippen LogP contribution in [0.3, 0.4) is 0 Å². The lowest BCUT2D eigenvalue weighted by Crippen LogP contribution is -2.17. The summed E-state index contributed by atoms with van der Waals surface area (Å²) in [6, 6.07) is 5.92. The second-order valence-electron chi connectivity index (χ2n) is 3.54. The van der Waals surface area contributed by atoms with Gasteiger partial charge in [0.2, 0.25) is 0 Å². The van der Waals surface area contributed by atoms with E-state index >= 15 is 0 Å². The van der Waals surface area contributed by atoms with Gasteiger partial charge in [0.15, 0.2) is 0 Å². The Kier molecular flexibility index (Phi) is 3.66. The van der Waals surface area contributed by atoms with Gasteiger partial charge in [-0.25, -0.2) is 4.98 Å². The quantitative estimate of drug-likeness (QED) is 0.800. The number of benzene rings is 1. The van der Waals surface area contributed by atoms with Crippen LogP contribution in [-0.4, -0.2) is 9.55 Å². The minimum atomic E-state index is -0.205. The Morgan fingerprint density at radius 3 is 2.88 bits per heavy atom. The zero-order valence-electron chi connectivity index (χ0n) is 8.69. The molecule has 2 rings (SSSR count). The van der Waals surface area contributed by atoms with E-state index in [0.29, 0.717) is 0 Å². The zero-order valence-corrected chi connectivity index (χ0v) is 12.4. The van der Waals surface area contributed by atoms with Crippen molar-refractivity contribution in [3.8, 4) is 0 Å². The molecule has 0 amide bonds. The Morgan fingerprint density at radius 2 is 2.25 bits per heavy atom. The highest BCUT2D eigenvalue weighted by Gasteiger charge is 2.16. The van der Waals surface area contributed by atoms with Crippen LogP contribution in [0.5, 0.6) is 0 Å². The summed E-state index contributed by atoms with van der Waals surface area (Å²) in [6.07, 6.45) is 3.66.